The number of hydrogen-bond acceptors (Lipinski definition) is 3. The quantitative estimate of drug-likeness (QED) is 0.683. The zero-order valence-corrected chi connectivity index (χ0v) is 8.79. The van der Waals surface area contributed by atoms with Crippen LogP contribution in [-0.4, -0.2) is 36.5 Å². The first-order chi connectivity index (χ1) is 6.15. The maximum atomic E-state index is 9.14. The molecule has 78 valence electrons. The first kappa shape index (κ1) is 11.0. The molecule has 3 nitrogen and oxygen atoms in total. The van der Waals surface area contributed by atoms with Gasteiger partial charge >= 0.3 is 0 Å². The summed E-state index contributed by atoms with van der Waals surface area (Å²) in [5.74, 6) is 0.470. The van der Waals surface area contributed by atoms with Crippen molar-refractivity contribution in [1.82, 2.24) is 5.32 Å². The molecule has 1 saturated heterocycles. The van der Waals surface area contributed by atoms with E-state index in [2.05, 4.69) is 26.1 Å². The van der Waals surface area contributed by atoms with Gasteiger partial charge in [0, 0.05) is 18.7 Å². The van der Waals surface area contributed by atoms with Gasteiger partial charge in [0.1, 0.15) is 0 Å². The lowest BCUT2D eigenvalue weighted by molar-refractivity contribution is 0.104. The third-order valence-corrected chi connectivity index (χ3v) is 2.81. The third kappa shape index (κ3) is 2.93. The van der Waals surface area contributed by atoms with Crippen LogP contribution in [0.15, 0.2) is 0 Å². The van der Waals surface area contributed by atoms with Crippen LogP contribution in [0.4, 0.5) is 0 Å². The molecule has 1 rings (SSSR count). The number of rotatable bonds is 4. The van der Waals surface area contributed by atoms with Crippen LogP contribution in [0.3, 0.4) is 0 Å². The molecular formula is C10H21NO2. The molecule has 0 radical (unpaired) electrons. The van der Waals surface area contributed by atoms with Crippen molar-refractivity contribution in [3.8, 4) is 0 Å². The predicted octanol–water partition coefficient (Wildman–Crippen LogP) is 0.770. The molecule has 3 atom stereocenters. The van der Waals surface area contributed by atoms with Gasteiger partial charge in [0.05, 0.1) is 12.7 Å². The third-order valence-electron chi connectivity index (χ3n) is 2.81. The van der Waals surface area contributed by atoms with E-state index >= 15 is 0 Å². The molecule has 13 heavy (non-hydrogen) atoms. The highest BCUT2D eigenvalue weighted by atomic mass is 16.5. The molecular weight excluding hydrogens is 166 g/mol. The van der Waals surface area contributed by atoms with Gasteiger partial charge in [-0.05, 0) is 19.3 Å². The SMILES string of the molecule is CC1OCCC1N[C@H](CO)C(C)C. The van der Waals surface area contributed by atoms with Crippen LogP contribution in [0.2, 0.25) is 0 Å². The lowest BCUT2D eigenvalue weighted by Crippen LogP contribution is -2.46. The van der Waals surface area contributed by atoms with Crippen LogP contribution in [0, 0.1) is 5.92 Å². The van der Waals surface area contributed by atoms with E-state index in [1.54, 1.807) is 0 Å². The van der Waals surface area contributed by atoms with Crippen LogP contribution >= 0.6 is 0 Å². The zero-order chi connectivity index (χ0) is 9.84. The highest BCUT2D eigenvalue weighted by Gasteiger charge is 2.26. The van der Waals surface area contributed by atoms with Crippen LogP contribution in [0.25, 0.3) is 0 Å². The minimum atomic E-state index is 0.203. The fraction of sp³-hybridized carbons (Fsp3) is 1.00. The average molecular weight is 187 g/mol. The number of hydrogen-bond donors (Lipinski definition) is 2. The highest BCUT2D eigenvalue weighted by Crippen LogP contribution is 2.14. The van der Waals surface area contributed by atoms with Crippen LogP contribution < -0.4 is 5.32 Å². The van der Waals surface area contributed by atoms with Gasteiger partial charge in [-0.25, -0.2) is 0 Å². The van der Waals surface area contributed by atoms with E-state index in [-0.39, 0.29) is 18.8 Å². The topological polar surface area (TPSA) is 41.5 Å². The maximum absolute atomic E-state index is 9.14. The highest BCUT2D eigenvalue weighted by molar-refractivity contribution is 4.83. The summed E-state index contributed by atoms with van der Waals surface area (Å²) >= 11 is 0. The molecule has 1 aliphatic rings. The fourth-order valence-corrected chi connectivity index (χ4v) is 1.68. The van der Waals surface area contributed by atoms with E-state index in [0.29, 0.717) is 12.0 Å². The first-order valence-electron chi connectivity index (χ1n) is 5.13. The van der Waals surface area contributed by atoms with Gasteiger partial charge < -0.3 is 15.2 Å². The van der Waals surface area contributed by atoms with Crippen molar-refractivity contribution < 1.29 is 9.84 Å². The summed E-state index contributed by atoms with van der Waals surface area (Å²) < 4.78 is 5.45. The summed E-state index contributed by atoms with van der Waals surface area (Å²) in [7, 11) is 0. The van der Waals surface area contributed by atoms with Gasteiger partial charge in [0.15, 0.2) is 0 Å². The minimum absolute atomic E-state index is 0.203. The Hall–Kier alpha value is -0.120. The lowest BCUT2D eigenvalue weighted by atomic mass is 10.0. The normalized spacial score (nSPS) is 31.2. The van der Waals surface area contributed by atoms with Gasteiger partial charge in [-0.2, -0.15) is 0 Å². The Bertz CT molecular complexity index is 150. The Labute approximate surface area is 80.5 Å². The summed E-state index contributed by atoms with van der Waals surface area (Å²) in [5, 5.41) is 12.6. The Morgan fingerprint density at radius 2 is 2.23 bits per heavy atom. The van der Waals surface area contributed by atoms with Crippen LogP contribution in [-0.2, 0) is 4.74 Å². The molecule has 0 spiro atoms. The Morgan fingerprint density at radius 1 is 1.54 bits per heavy atom. The molecule has 1 heterocycles. The molecule has 0 aliphatic carbocycles. The molecule has 0 aromatic rings. The Balaban J connectivity index is 2.36. The van der Waals surface area contributed by atoms with E-state index in [1.807, 2.05) is 0 Å². The predicted molar refractivity (Wildman–Crippen MR) is 52.7 cm³/mol. The zero-order valence-electron chi connectivity index (χ0n) is 8.79. The number of ether oxygens (including phenoxy) is 1. The summed E-state index contributed by atoms with van der Waals surface area (Å²) in [6.07, 6.45) is 1.34. The monoisotopic (exact) mass is 187 g/mol. The van der Waals surface area contributed by atoms with Gasteiger partial charge in [0.25, 0.3) is 0 Å². The van der Waals surface area contributed by atoms with E-state index in [9.17, 15) is 0 Å². The second-order valence-electron chi connectivity index (χ2n) is 4.17. The summed E-state index contributed by atoms with van der Waals surface area (Å²) in [6, 6.07) is 0.619. The van der Waals surface area contributed by atoms with Crippen molar-refractivity contribution in [2.45, 2.75) is 45.4 Å². The molecule has 2 N–H and O–H groups in total. The molecule has 0 amide bonds. The summed E-state index contributed by atoms with van der Waals surface area (Å²) in [4.78, 5) is 0. The molecule has 0 aromatic heterocycles. The average Bonchev–Trinajstić information content (AvgIpc) is 2.46. The molecule has 0 aromatic carbocycles. The van der Waals surface area contributed by atoms with Crippen molar-refractivity contribution >= 4 is 0 Å². The van der Waals surface area contributed by atoms with Gasteiger partial charge in [-0.3, -0.25) is 0 Å². The molecule has 3 heteroatoms. The van der Waals surface area contributed by atoms with E-state index in [1.165, 1.54) is 0 Å². The van der Waals surface area contributed by atoms with Crippen molar-refractivity contribution in [2.75, 3.05) is 13.2 Å². The lowest BCUT2D eigenvalue weighted by Gasteiger charge is -2.25. The smallest absolute Gasteiger partial charge is 0.0700 e. The first-order valence-corrected chi connectivity index (χ1v) is 5.13. The number of nitrogens with one attached hydrogen (secondary N) is 1. The van der Waals surface area contributed by atoms with E-state index in [4.69, 9.17) is 9.84 Å². The number of aliphatic hydroxyl groups excluding tert-OH is 1. The summed E-state index contributed by atoms with van der Waals surface area (Å²) in [5.41, 5.74) is 0. The molecule has 2 unspecified atom stereocenters. The maximum Gasteiger partial charge on any atom is 0.0700 e. The van der Waals surface area contributed by atoms with Gasteiger partial charge in [-0.15, -0.1) is 0 Å². The van der Waals surface area contributed by atoms with Crippen LogP contribution in [0.1, 0.15) is 27.2 Å². The Kier molecular flexibility index (Phi) is 4.16. The summed E-state index contributed by atoms with van der Waals surface area (Å²) in [6.45, 7) is 7.37. The van der Waals surface area contributed by atoms with Gasteiger partial charge in [-0.1, -0.05) is 13.8 Å². The minimum Gasteiger partial charge on any atom is -0.395 e. The van der Waals surface area contributed by atoms with Crippen molar-refractivity contribution in [2.24, 2.45) is 5.92 Å². The standard InChI is InChI=1S/C10H21NO2/c1-7(2)10(6-12)11-9-4-5-13-8(9)3/h7-12H,4-6H2,1-3H3/t8?,9?,10-/m1/s1. The van der Waals surface area contributed by atoms with Crippen molar-refractivity contribution in [3.05, 3.63) is 0 Å². The second-order valence-corrected chi connectivity index (χ2v) is 4.17. The fourth-order valence-electron chi connectivity index (χ4n) is 1.68. The largest absolute Gasteiger partial charge is 0.395 e. The molecule has 1 aliphatic heterocycles. The van der Waals surface area contributed by atoms with Crippen molar-refractivity contribution in [3.63, 3.8) is 0 Å². The molecule has 0 saturated carbocycles. The molecule has 1 fully saturated rings. The van der Waals surface area contributed by atoms with E-state index < -0.39 is 0 Å². The Morgan fingerprint density at radius 3 is 2.62 bits per heavy atom. The number of aliphatic hydroxyl groups is 1. The van der Waals surface area contributed by atoms with E-state index in [0.717, 1.165) is 13.0 Å². The van der Waals surface area contributed by atoms with Gasteiger partial charge in [0.2, 0.25) is 0 Å². The molecule has 0 bridgehead atoms. The van der Waals surface area contributed by atoms with Crippen molar-refractivity contribution in [1.29, 1.82) is 0 Å². The second kappa shape index (κ2) is 4.94. The van der Waals surface area contributed by atoms with Crippen LogP contribution in [0.5, 0.6) is 0 Å².